The molecular formula is C10H10ClN3OS. The van der Waals surface area contributed by atoms with Crippen molar-refractivity contribution in [1.82, 2.24) is 15.0 Å². The molecular weight excluding hydrogens is 246 g/mol. The van der Waals surface area contributed by atoms with Gasteiger partial charge in [0.2, 0.25) is 0 Å². The van der Waals surface area contributed by atoms with E-state index in [4.69, 9.17) is 11.6 Å². The topological polar surface area (TPSA) is 47.8 Å². The molecule has 2 rings (SSSR count). The Morgan fingerprint density at radius 3 is 2.88 bits per heavy atom. The Morgan fingerprint density at radius 2 is 2.38 bits per heavy atom. The predicted octanol–water partition coefficient (Wildman–Crippen LogP) is 2.26. The number of hydrogen-bond donors (Lipinski definition) is 0. The third kappa shape index (κ3) is 2.15. The SMILES string of the molecule is Cc1csc(C(=O)Cc2cn(C)nn2)c1Cl. The Bertz CT molecular complexity index is 532. The molecule has 6 heteroatoms. The Hall–Kier alpha value is -1.20. The molecule has 2 aromatic heterocycles. The van der Waals surface area contributed by atoms with Gasteiger partial charge in [0.05, 0.1) is 22.0 Å². The standard InChI is InChI=1S/C10H10ClN3OS/c1-6-5-16-10(9(6)11)8(15)3-7-4-14(2)13-12-7/h4-5H,3H2,1-2H3. The van der Waals surface area contributed by atoms with Crippen molar-refractivity contribution in [2.24, 2.45) is 7.05 Å². The van der Waals surface area contributed by atoms with E-state index < -0.39 is 0 Å². The van der Waals surface area contributed by atoms with E-state index in [0.717, 1.165) is 5.56 Å². The van der Waals surface area contributed by atoms with Gasteiger partial charge in [0.15, 0.2) is 5.78 Å². The van der Waals surface area contributed by atoms with Crippen LogP contribution in [-0.2, 0) is 13.5 Å². The van der Waals surface area contributed by atoms with E-state index in [-0.39, 0.29) is 12.2 Å². The lowest BCUT2D eigenvalue weighted by atomic mass is 10.2. The fourth-order valence-electron chi connectivity index (χ4n) is 1.34. The highest BCUT2D eigenvalue weighted by Gasteiger charge is 2.16. The second kappa shape index (κ2) is 4.35. The average molecular weight is 256 g/mol. The van der Waals surface area contributed by atoms with Gasteiger partial charge in [-0.1, -0.05) is 16.8 Å². The van der Waals surface area contributed by atoms with Crippen LogP contribution in [0.15, 0.2) is 11.6 Å². The number of halogens is 1. The van der Waals surface area contributed by atoms with Crippen molar-refractivity contribution < 1.29 is 4.79 Å². The first-order chi connectivity index (χ1) is 7.58. The highest BCUT2D eigenvalue weighted by molar-refractivity contribution is 7.13. The lowest BCUT2D eigenvalue weighted by Crippen LogP contribution is -2.02. The summed E-state index contributed by atoms with van der Waals surface area (Å²) in [5.41, 5.74) is 1.60. The third-order valence-electron chi connectivity index (χ3n) is 2.14. The molecule has 16 heavy (non-hydrogen) atoms. The van der Waals surface area contributed by atoms with Gasteiger partial charge in [-0.05, 0) is 17.9 Å². The number of hydrogen-bond acceptors (Lipinski definition) is 4. The molecule has 0 aliphatic rings. The number of rotatable bonds is 3. The summed E-state index contributed by atoms with van der Waals surface area (Å²) in [5.74, 6) is -0.0106. The van der Waals surface area contributed by atoms with Gasteiger partial charge in [-0.2, -0.15) is 0 Å². The molecule has 0 bridgehead atoms. The van der Waals surface area contributed by atoms with Crippen molar-refractivity contribution in [3.63, 3.8) is 0 Å². The molecule has 0 atom stereocenters. The summed E-state index contributed by atoms with van der Waals surface area (Å²) in [4.78, 5) is 12.5. The fourth-order valence-corrected chi connectivity index (χ4v) is 2.58. The largest absolute Gasteiger partial charge is 0.293 e. The summed E-state index contributed by atoms with van der Waals surface area (Å²) in [6.07, 6.45) is 1.97. The van der Waals surface area contributed by atoms with Crippen molar-refractivity contribution in [3.8, 4) is 0 Å². The molecule has 0 radical (unpaired) electrons. The molecule has 84 valence electrons. The maximum absolute atomic E-state index is 11.9. The van der Waals surface area contributed by atoms with Crippen molar-refractivity contribution in [2.75, 3.05) is 0 Å². The van der Waals surface area contributed by atoms with E-state index in [2.05, 4.69) is 10.3 Å². The van der Waals surface area contributed by atoms with Gasteiger partial charge in [0.25, 0.3) is 0 Å². The number of carbonyl (C=O) groups is 1. The van der Waals surface area contributed by atoms with Crippen LogP contribution in [0.5, 0.6) is 0 Å². The first kappa shape index (κ1) is 11.3. The van der Waals surface area contributed by atoms with E-state index in [1.165, 1.54) is 11.3 Å². The van der Waals surface area contributed by atoms with E-state index in [1.54, 1.807) is 17.9 Å². The molecule has 0 saturated heterocycles. The van der Waals surface area contributed by atoms with Crippen LogP contribution in [0.1, 0.15) is 20.9 Å². The molecule has 0 aromatic carbocycles. The zero-order valence-electron chi connectivity index (χ0n) is 8.90. The number of thiophene rings is 1. The van der Waals surface area contributed by atoms with Gasteiger partial charge in [-0.3, -0.25) is 9.48 Å². The van der Waals surface area contributed by atoms with Gasteiger partial charge in [0.1, 0.15) is 0 Å². The zero-order chi connectivity index (χ0) is 11.7. The van der Waals surface area contributed by atoms with Crippen LogP contribution in [0.3, 0.4) is 0 Å². The number of carbonyl (C=O) groups excluding carboxylic acids is 1. The van der Waals surface area contributed by atoms with Crippen molar-refractivity contribution in [1.29, 1.82) is 0 Å². The Morgan fingerprint density at radius 1 is 1.62 bits per heavy atom. The van der Waals surface area contributed by atoms with Crippen LogP contribution in [-0.4, -0.2) is 20.8 Å². The van der Waals surface area contributed by atoms with Gasteiger partial charge in [-0.15, -0.1) is 16.4 Å². The molecule has 0 fully saturated rings. The summed E-state index contributed by atoms with van der Waals surface area (Å²) in [6.45, 7) is 1.89. The van der Waals surface area contributed by atoms with Crippen LogP contribution in [0.4, 0.5) is 0 Å². The second-order valence-electron chi connectivity index (χ2n) is 3.55. The number of aryl methyl sites for hydroxylation is 2. The molecule has 0 aliphatic heterocycles. The fraction of sp³-hybridized carbons (Fsp3) is 0.300. The monoisotopic (exact) mass is 255 g/mol. The first-order valence-electron chi connectivity index (χ1n) is 4.70. The Balaban J connectivity index is 2.18. The lowest BCUT2D eigenvalue weighted by Gasteiger charge is -1.95. The zero-order valence-corrected chi connectivity index (χ0v) is 10.5. The maximum atomic E-state index is 11.9. The van der Waals surface area contributed by atoms with E-state index in [1.807, 2.05) is 12.3 Å². The highest BCUT2D eigenvalue weighted by atomic mass is 35.5. The average Bonchev–Trinajstić information content (AvgIpc) is 2.76. The van der Waals surface area contributed by atoms with Crippen LogP contribution < -0.4 is 0 Å². The summed E-state index contributed by atoms with van der Waals surface area (Å²) in [7, 11) is 1.77. The normalized spacial score (nSPS) is 10.7. The Labute approximate surface area is 102 Å². The molecule has 0 saturated carbocycles. The van der Waals surface area contributed by atoms with Crippen molar-refractivity contribution >= 4 is 28.7 Å². The minimum atomic E-state index is -0.0106. The molecule has 0 amide bonds. The minimum absolute atomic E-state index is 0.0106. The van der Waals surface area contributed by atoms with Crippen LogP contribution in [0, 0.1) is 6.92 Å². The van der Waals surface area contributed by atoms with E-state index >= 15 is 0 Å². The molecule has 2 aromatic rings. The highest BCUT2D eigenvalue weighted by Crippen LogP contribution is 2.28. The maximum Gasteiger partial charge on any atom is 0.180 e. The second-order valence-corrected chi connectivity index (χ2v) is 4.80. The van der Waals surface area contributed by atoms with Gasteiger partial charge < -0.3 is 0 Å². The Kier molecular flexibility index (Phi) is 3.07. The molecule has 4 nitrogen and oxygen atoms in total. The predicted molar refractivity (Wildman–Crippen MR) is 63.1 cm³/mol. The van der Waals surface area contributed by atoms with Crippen LogP contribution >= 0.6 is 22.9 Å². The summed E-state index contributed by atoms with van der Waals surface area (Å²) >= 11 is 7.40. The van der Waals surface area contributed by atoms with Gasteiger partial charge >= 0.3 is 0 Å². The van der Waals surface area contributed by atoms with Gasteiger partial charge in [0, 0.05) is 13.2 Å². The number of Topliss-reactive ketones (excluding diaryl/α,β-unsaturated/α-hetero) is 1. The number of aromatic nitrogens is 3. The van der Waals surface area contributed by atoms with Crippen LogP contribution in [0.2, 0.25) is 5.02 Å². The number of ketones is 1. The molecule has 0 aliphatic carbocycles. The lowest BCUT2D eigenvalue weighted by molar-refractivity contribution is 0.0996. The summed E-state index contributed by atoms with van der Waals surface area (Å²) in [5, 5.41) is 10.1. The smallest absolute Gasteiger partial charge is 0.180 e. The quantitative estimate of drug-likeness (QED) is 0.791. The van der Waals surface area contributed by atoms with Crippen molar-refractivity contribution in [2.45, 2.75) is 13.3 Å². The molecule has 0 spiro atoms. The van der Waals surface area contributed by atoms with E-state index in [0.29, 0.717) is 15.6 Å². The minimum Gasteiger partial charge on any atom is -0.293 e. The van der Waals surface area contributed by atoms with Crippen molar-refractivity contribution in [3.05, 3.63) is 32.7 Å². The first-order valence-corrected chi connectivity index (χ1v) is 5.95. The molecule has 2 heterocycles. The summed E-state index contributed by atoms with van der Waals surface area (Å²) in [6, 6.07) is 0. The summed E-state index contributed by atoms with van der Waals surface area (Å²) < 4.78 is 1.57. The van der Waals surface area contributed by atoms with Crippen LogP contribution in [0.25, 0.3) is 0 Å². The third-order valence-corrected chi connectivity index (χ3v) is 3.88. The number of nitrogens with zero attached hydrogens (tertiary/aromatic N) is 3. The molecule has 0 N–H and O–H groups in total. The van der Waals surface area contributed by atoms with E-state index in [9.17, 15) is 4.79 Å². The van der Waals surface area contributed by atoms with Gasteiger partial charge in [-0.25, -0.2) is 0 Å². The molecule has 0 unspecified atom stereocenters.